The highest BCUT2D eigenvalue weighted by Gasteiger charge is 2.17. The van der Waals surface area contributed by atoms with E-state index in [0.717, 1.165) is 0 Å². The van der Waals surface area contributed by atoms with Gasteiger partial charge in [0.25, 0.3) is 0 Å². The van der Waals surface area contributed by atoms with Gasteiger partial charge in [-0.3, -0.25) is 0 Å². The minimum Gasteiger partial charge on any atom is -0.480 e. The summed E-state index contributed by atoms with van der Waals surface area (Å²) in [5.41, 5.74) is 7.74. The fraction of sp³-hybridized carbons (Fsp3) is 0.545. The van der Waals surface area contributed by atoms with Gasteiger partial charge in [0, 0.05) is 11.9 Å². The van der Waals surface area contributed by atoms with Crippen LogP contribution in [0.4, 0.5) is 5.69 Å². The molecule has 0 amide bonds. The molecule has 1 saturated heterocycles. The highest BCUT2D eigenvalue weighted by molar-refractivity contribution is 7.99. The zero-order valence-corrected chi connectivity index (χ0v) is 9.72. The van der Waals surface area contributed by atoms with Crippen molar-refractivity contribution >= 4 is 17.4 Å². The summed E-state index contributed by atoms with van der Waals surface area (Å²) in [6.07, 6.45) is 4.44. The molecule has 2 heterocycles. The van der Waals surface area contributed by atoms with Gasteiger partial charge in [-0.25, -0.2) is 4.98 Å². The molecule has 2 rings (SSSR count). The number of nitrogens with zero attached hydrogens (tertiary/aromatic N) is 1. The van der Waals surface area contributed by atoms with Crippen LogP contribution in [0, 0.1) is 0 Å². The van der Waals surface area contributed by atoms with Gasteiger partial charge in [-0.05, 0) is 36.1 Å². The standard InChI is InChI=1S/C11H16N2OS/c1-14-11-10(12)5-9(6-13-11)8-3-2-4-15-7-8/h5-6,8H,2-4,7,12H2,1H3. The van der Waals surface area contributed by atoms with Crippen LogP contribution in [0.3, 0.4) is 0 Å². The second-order valence-corrected chi connectivity index (χ2v) is 4.93. The van der Waals surface area contributed by atoms with Crippen molar-refractivity contribution in [1.82, 2.24) is 4.98 Å². The molecule has 1 aliphatic rings. The van der Waals surface area contributed by atoms with E-state index in [1.807, 2.05) is 24.0 Å². The Labute approximate surface area is 94.4 Å². The van der Waals surface area contributed by atoms with Crippen molar-refractivity contribution in [3.05, 3.63) is 17.8 Å². The number of rotatable bonds is 2. The number of nitrogens with two attached hydrogens (primary N) is 1. The fourth-order valence-corrected chi connectivity index (χ4v) is 3.06. The van der Waals surface area contributed by atoms with Crippen LogP contribution in [-0.2, 0) is 0 Å². The first-order chi connectivity index (χ1) is 7.31. The molecule has 1 aliphatic heterocycles. The number of thioether (sulfide) groups is 1. The Hall–Kier alpha value is -0.900. The number of aromatic nitrogens is 1. The topological polar surface area (TPSA) is 48.1 Å². The predicted octanol–water partition coefficient (Wildman–Crippen LogP) is 2.28. The van der Waals surface area contributed by atoms with Gasteiger partial charge in [-0.1, -0.05) is 0 Å². The first kappa shape index (κ1) is 10.6. The molecule has 0 bridgehead atoms. The summed E-state index contributed by atoms with van der Waals surface area (Å²) in [5.74, 6) is 3.62. The summed E-state index contributed by atoms with van der Waals surface area (Å²) < 4.78 is 5.05. The largest absolute Gasteiger partial charge is 0.480 e. The Morgan fingerprint density at radius 2 is 2.47 bits per heavy atom. The third-order valence-corrected chi connectivity index (χ3v) is 3.94. The maximum absolute atomic E-state index is 5.84. The summed E-state index contributed by atoms with van der Waals surface area (Å²) in [6.45, 7) is 0. The molecule has 0 saturated carbocycles. The van der Waals surface area contributed by atoms with Gasteiger partial charge < -0.3 is 10.5 Å². The lowest BCUT2D eigenvalue weighted by molar-refractivity contribution is 0.399. The SMILES string of the molecule is COc1ncc(C2CCCSC2)cc1N. The second-order valence-electron chi connectivity index (χ2n) is 3.78. The fourth-order valence-electron chi connectivity index (χ4n) is 1.88. The average molecular weight is 224 g/mol. The Morgan fingerprint density at radius 1 is 1.60 bits per heavy atom. The van der Waals surface area contributed by atoms with Crippen molar-refractivity contribution in [1.29, 1.82) is 0 Å². The normalized spacial score (nSPS) is 21.3. The smallest absolute Gasteiger partial charge is 0.236 e. The van der Waals surface area contributed by atoms with E-state index in [0.29, 0.717) is 17.5 Å². The third kappa shape index (κ3) is 2.37. The summed E-state index contributed by atoms with van der Waals surface area (Å²) in [7, 11) is 1.59. The molecule has 0 radical (unpaired) electrons. The molecular weight excluding hydrogens is 208 g/mol. The predicted molar refractivity (Wildman–Crippen MR) is 64.5 cm³/mol. The molecule has 15 heavy (non-hydrogen) atoms. The van der Waals surface area contributed by atoms with E-state index in [1.165, 1.54) is 29.9 Å². The molecule has 3 nitrogen and oxygen atoms in total. The van der Waals surface area contributed by atoms with Crippen LogP contribution in [0.1, 0.15) is 24.3 Å². The lowest BCUT2D eigenvalue weighted by Gasteiger charge is -2.21. The van der Waals surface area contributed by atoms with Crippen LogP contribution in [0.15, 0.2) is 12.3 Å². The van der Waals surface area contributed by atoms with Gasteiger partial charge in [0.1, 0.15) is 0 Å². The van der Waals surface area contributed by atoms with Gasteiger partial charge in [-0.15, -0.1) is 0 Å². The summed E-state index contributed by atoms with van der Waals surface area (Å²) in [6, 6.07) is 2.00. The lowest BCUT2D eigenvalue weighted by atomic mass is 9.97. The van der Waals surface area contributed by atoms with Gasteiger partial charge >= 0.3 is 0 Å². The minimum absolute atomic E-state index is 0.530. The average Bonchev–Trinajstić information content (AvgIpc) is 2.30. The van der Waals surface area contributed by atoms with Crippen LogP contribution in [-0.4, -0.2) is 23.6 Å². The number of pyridine rings is 1. The zero-order chi connectivity index (χ0) is 10.7. The molecule has 1 fully saturated rings. The quantitative estimate of drug-likeness (QED) is 0.837. The number of hydrogen-bond donors (Lipinski definition) is 1. The molecule has 0 aromatic carbocycles. The molecular formula is C11H16N2OS. The maximum atomic E-state index is 5.84. The number of ether oxygens (including phenoxy) is 1. The van der Waals surface area contributed by atoms with E-state index in [4.69, 9.17) is 10.5 Å². The zero-order valence-electron chi connectivity index (χ0n) is 8.90. The maximum Gasteiger partial charge on any atom is 0.236 e. The highest BCUT2D eigenvalue weighted by atomic mass is 32.2. The van der Waals surface area contributed by atoms with Crippen molar-refractivity contribution in [2.45, 2.75) is 18.8 Å². The van der Waals surface area contributed by atoms with Gasteiger partial charge in [0.15, 0.2) is 0 Å². The summed E-state index contributed by atoms with van der Waals surface area (Å²) in [5, 5.41) is 0. The third-order valence-electron chi connectivity index (χ3n) is 2.73. The first-order valence-corrected chi connectivity index (χ1v) is 6.34. The monoisotopic (exact) mass is 224 g/mol. The van der Waals surface area contributed by atoms with Crippen molar-refractivity contribution in [3.63, 3.8) is 0 Å². The molecule has 0 aliphatic carbocycles. The van der Waals surface area contributed by atoms with Gasteiger partial charge in [0.2, 0.25) is 5.88 Å². The molecule has 1 aromatic rings. The molecule has 1 atom stereocenters. The van der Waals surface area contributed by atoms with Crippen molar-refractivity contribution in [2.75, 3.05) is 24.3 Å². The van der Waals surface area contributed by atoms with Crippen molar-refractivity contribution in [2.24, 2.45) is 0 Å². The lowest BCUT2D eigenvalue weighted by Crippen LogP contribution is -2.09. The highest BCUT2D eigenvalue weighted by Crippen LogP contribution is 2.32. The molecule has 82 valence electrons. The molecule has 1 aromatic heterocycles. The second kappa shape index (κ2) is 4.75. The number of anilines is 1. The van der Waals surface area contributed by atoms with Crippen LogP contribution < -0.4 is 10.5 Å². The van der Waals surface area contributed by atoms with Gasteiger partial charge in [-0.2, -0.15) is 11.8 Å². The Balaban J connectivity index is 2.17. The van der Waals surface area contributed by atoms with E-state index < -0.39 is 0 Å². The minimum atomic E-state index is 0.530. The number of hydrogen-bond acceptors (Lipinski definition) is 4. The molecule has 4 heteroatoms. The van der Waals surface area contributed by atoms with E-state index >= 15 is 0 Å². The van der Waals surface area contributed by atoms with E-state index in [9.17, 15) is 0 Å². The van der Waals surface area contributed by atoms with Crippen molar-refractivity contribution in [3.8, 4) is 5.88 Å². The number of methoxy groups -OCH3 is 1. The van der Waals surface area contributed by atoms with E-state index in [2.05, 4.69) is 4.98 Å². The molecule has 2 N–H and O–H groups in total. The summed E-state index contributed by atoms with van der Waals surface area (Å²) in [4.78, 5) is 4.22. The molecule has 0 spiro atoms. The first-order valence-electron chi connectivity index (χ1n) is 5.18. The van der Waals surface area contributed by atoms with Crippen LogP contribution in [0.2, 0.25) is 0 Å². The van der Waals surface area contributed by atoms with E-state index in [1.54, 1.807) is 7.11 Å². The Bertz CT molecular complexity index is 337. The Kier molecular flexibility index (Phi) is 3.36. The van der Waals surface area contributed by atoms with E-state index in [-0.39, 0.29) is 0 Å². The number of nitrogen functional groups attached to an aromatic ring is 1. The van der Waals surface area contributed by atoms with Crippen LogP contribution >= 0.6 is 11.8 Å². The Morgan fingerprint density at radius 3 is 3.07 bits per heavy atom. The van der Waals surface area contributed by atoms with Gasteiger partial charge in [0.05, 0.1) is 12.8 Å². The van der Waals surface area contributed by atoms with Crippen LogP contribution in [0.5, 0.6) is 5.88 Å². The van der Waals surface area contributed by atoms with Crippen molar-refractivity contribution < 1.29 is 4.74 Å². The van der Waals surface area contributed by atoms with Crippen LogP contribution in [0.25, 0.3) is 0 Å². The molecule has 1 unspecified atom stereocenters. The summed E-state index contributed by atoms with van der Waals surface area (Å²) >= 11 is 2.01.